The molecule has 152 valence electrons. The van der Waals surface area contributed by atoms with Crippen LogP contribution in [0, 0.1) is 5.82 Å². The number of carbonyl (C=O) groups is 1. The van der Waals surface area contributed by atoms with E-state index in [1.165, 1.54) is 24.3 Å². The van der Waals surface area contributed by atoms with E-state index in [4.69, 9.17) is 4.42 Å². The Kier molecular flexibility index (Phi) is 5.25. The molecule has 2 heterocycles. The number of aromatic nitrogens is 4. The van der Waals surface area contributed by atoms with E-state index < -0.39 is 11.6 Å². The van der Waals surface area contributed by atoms with Gasteiger partial charge in [-0.15, -0.1) is 5.10 Å². The van der Waals surface area contributed by atoms with Crippen molar-refractivity contribution in [1.29, 1.82) is 0 Å². The van der Waals surface area contributed by atoms with Crippen LogP contribution < -0.4 is 11.1 Å². The second kappa shape index (κ2) is 8.16. The lowest BCUT2D eigenvalue weighted by molar-refractivity contribution is -0.122. The molecule has 0 aliphatic heterocycles. The fraction of sp³-hybridized carbons (Fsp3) is 0.143. The molecular weight excluding hydrogens is 389 g/mol. The number of rotatable bonds is 6. The van der Waals surface area contributed by atoms with E-state index in [-0.39, 0.29) is 24.4 Å². The maximum absolute atomic E-state index is 13.0. The highest BCUT2D eigenvalue weighted by atomic mass is 19.1. The van der Waals surface area contributed by atoms with E-state index in [0.717, 1.165) is 15.9 Å². The van der Waals surface area contributed by atoms with Crippen molar-refractivity contribution < 1.29 is 13.6 Å². The Hall–Kier alpha value is -4.01. The predicted octanol–water partition coefficient (Wildman–Crippen LogP) is 2.71. The van der Waals surface area contributed by atoms with E-state index in [0.29, 0.717) is 5.56 Å². The van der Waals surface area contributed by atoms with E-state index in [1.807, 2.05) is 42.0 Å². The molecule has 1 amide bonds. The van der Waals surface area contributed by atoms with Crippen LogP contribution in [-0.2, 0) is 11.3 Å². The van der Waals surface area contributed by atoms with E-state index in [9.17, 15) is 14.0 Å². The minimum atomic E-state index is -0.762. The van der Waals surface area contributed by atoms with E-state index >= 15 is 0 Å². The summed E-state index contributed by atoms with van der Waals surface area (Å²) < 4.78 is 20.9. The second-order valence-electron chi connectivity index (χ2n) is 6.69. The number of hydrogen-bond acceptors (Lipinski definition) is 5. The summed E-state index contributed by atoms with van der Waals surface area (Å²) in [5, 5.41) is 6.85. The predicted molar refractivity (Wildman–Crippen MR) is 106 cm³/mol. The van der Waals surface area contributed by atoms with Crippen molar-refractivity contribution in [3.63, 3.8) is 0 Å². The molecule has 0 aliphatic rings. The third-order valence-electron chi connectivity index (χ3n) is 4.56. The van der Waals surface area contributed by atoms with Crippen molar-refractivity contribution in [2.24, 2.45) is 0 Å². The minimum Gasteiger partial charge on any atom is -0.388 e. The molecule has 1 atom stereocenters. The molecule has 1 N–H and O–H groups in total. The average molecular weight is 407 g/mol. The zero-order chi connectivity index (χ0) is 21.1. The molecule has 0 spiro atoms. The van der Waals surface area contributed by atoms with Gasteiger partial charge in [0.1, 0.15) is 12.4 Å². The SMILES string of the molecule is CC(NC(=O)Cn1nc(-c2ccc(F)cc2)oc1=O)c1ccc(-n2ccnc2)cc1. The summed E-state index contributed by atoms with van der Waals surface area (Å²) in [7, 11) is 0. The first-order valence-corrected chi connectivity index (χ1v) is 9.21. The zero-order valence-electron chi connectivity index (χ0n) is 16.0. The van der Waals surface area contributed by atoms with Gasteiger partial charge in [0, 0.05) is 23.6 Å². The quantitative estimate of drug-likeness (QED) is 0.530. The molecule has 30 heavy (non-hydrogen) atoms. The van der Waals surface area contributed by atoms with Gasteiger partial charge in [-0.2, -0.15) is 4.68 Å². The second-order valence-corrected chi connectivity index (χ2v) is 6.69. The lowest BCUT2D eigenvalue weighted by Gasteiger charge is -2.14. The van der Waals surface area contributed by atoms with Crippen molar-refractivity contribution in [3.05, 3.63) is 89.2 Å². The molecule has 9 heteroatoms. The summed E-state index contributed by atoms with van der Waals surface area (Å²) in [6, 6.07) is 12.8. The van der Waals surface area contributed by atoms with E-state index in [1.54, 1.807) is 12.5 Å². The minimum absolute atomic E-state index is 0.0240. The van der Waals surface area contributed by atoms with Crippen molar-refractivity contribution in [3.8, 4) is 17.1 Å². The number of nitrogens with one attached hydrogen (secondary N) is 1. The summed E-state index contributed by atoms with van der Waals surface area (Å²) in [6.45, 7) is 1.56. The molecule has 2 aromatic heterocycles. The van der Waals surface area contributed by atoms with Crippen molar-refractivity contribution in [1.82, 2.24) is 24.6 Å². The van der Waals surface area contributed by atoms with Crippen molar-refractivity contribution in [2.45, 2.75) is 19.5 Å². The van der Waals surface area contributed by atoms with Gasteiger partial charge in [0.25, 0.3) is 0 Å². The monoisotopic (exact) mass is 407 g/mol. The summed E-state index contributed by atoms with van der Waals surface area (Å²) in [5.41, 5.74) is 2.31. The first-order valence-electron chi connectivity index (χ1n) is 9.21. The molecule has 0 fully saturated rings. The van der Waals surface area contributed by atoms with Crippen LogP contribution in [0.1, 0.15) is 18.5 Å². The molecule has 8 nitrogen and oxygen atoms in total. The highest BCUT2D eigenvalue weighted by Gasteiger charge is 2.15. The molecular formula is C21H18FN5O3. The molecule has 0 saturated carbocycles. The Morgan fingerprint density at radius 2 is 1.90 bits per heavy atom. The number of halogens is 1. The average Bonchev–Trinajstić information content (AvgIpc) is 3.39. The van der Waals surface area contributed by atoms with Crippen molar-refractivity contribution >= 4 is 5.91 Å². The first kappa shape index (κ1) is 19.3. The number of imidazole rings is 1. The normalized spacial score (nSPS) is 11.9. The van der Waals surface area contributed by atoms with Crippen LogP contribution in [0.25, 0.3) is 17.1 Å². The standard InChI is InChI=1S/C21H18FN5O3/c1-14(15-4-8-18(9-5-15)26-11-10-23-13-26)24-19(28)12-27-21(29)30-20(25-27)16-2-6-17(22)7-3-16/h2-11,13-14H,12H2,1H3,(H,24,28). The number of nitrogens with zero attached hydrogens (tertiary/aromatic N) is 4. The highest BCUT2D eigenvalue weighted by Crippen LogP contribution is 2.17. The number of amides is 1. The first-order chi connectivity index (χ1) is 14.5. The van der Waals surface area contributed by atoms with Gasteiger partial charge in [0.15, 0.2) is 0 Å². The van der Waals surface area contributed by atoms with Crippen LogP contribution in [0.5, 0.6) is 0 Å². The Bertz CT molecular complexity index is 1190. The molecule has 1 unspecified atom stereocenters. The molecule has 4 rings (SSSR count). The van der Waals surface area contributed by atoms with Gasteiger partial charge in [-0.05, 0) is 48.9 Å². The van der Waals surface area contributed by atoms with Crippen LogP contribution in [0.4, 0.5) is 4.39 Å². The van der Waals surface area contributed by atoms with Gasteiger partial charge in [-0.3, -0.25) is 4.79 Å². The number of benzene rings is 2. The zero-order valence-corrected chi connectivity index (χ0v) is 16.0. The third-order valence-corrected chi connectivity index (χ3v) is 4.56. The summed E-state index contributed by atoms with van der Waals surface area (Å²) in [6.07, 6.45) is 5.25. The van der Waals surface area contributed by atoms with Crippen LogP contribution in [-0.4, -0.2) is 25.2 Å². The van der Waals surface area contributed by atoms with Gasteiger partial charge < -0.3 is 14.3 Å². The molecule has 0 radical (unpaired) electrons. The maximum Gasteiger partial charge on any atom is 0.437 e. The summed E-state index contributed by atoms with van der Waals surface area (Å²) in [4.78, 5) is 28.4. The number of hydrogen-bond donors (Lipinski definition) is 1. The maximum atomic E-state index is 13.0. The Morgan fingerprint density at radius 1 is 1.17 bits per heavy atom. The molecule has 0 bridgehead atoms. The molecule has 0 aliphatic carbocycles. The number of carbonyl (C=O) groups excluding carboxylic acids is 1. The molecule has 0 saturated heterocycles. The molecule has 4 aromatic rings. The van der Waals surface area contributed by atoms with Gasteiger partial charge in [0.2, 0.25) is 11.8 Å². The van der Waals surface area contributed by atoms with Crippen LogP contribution >= 0.6 is 0 Å². The highest BCUT2D eigenvalue weighted by molar-refractivity contribution is 5.76. The third kappa shape index (κ3) is 4.19. The molecule has 2 aromatic carbocycles. The van der Waals surface area contributed by atoms with Crippen molar-refractivity contribution in [2.75, 3.05) is 0 Å². The fourth-order valence-electron chi connectivity index (χ4n) is 2.97. The topological polar surface area (TPSA) is 95.0 Å². The lowest BCUT2D eigenvalue weighted by atomic mass is 10.1. The van der Waals surface area contributed by atoms with Gasteiger partial charge in [0.05, 0.1) is 12.4 Å². The lowest BCUT2D eigenvalue weighted by Crippen LogP contribution is -2.33. The Labute approximate surface area is 170 Å². The Balaban J connectivity index is 1.41. The van der Waals surface area contributed by atoms with Gasteiger partial charge in [-0.1, -0.05) is 12.1 Å². The summed E-state index contributed by atoms with van der Waals surface area (Å²) in [5.74, 6) is -1.54. The fourth-order valence-corrected chi connectivity index (χ4v) is 2.97. The van der Waals surface area contributed by atoms with Gasteiger partial charge in [-0.25, -0.2) is 14.2 Å². The smallest absolute Gasteiger partial charge is 0.388 e. The largest absolute Gasteiger partial charge is 0.437 e. The van der Waals surface area contributed by atoms with E-state index in [2.05, 4.69) is 15.4 Å². The summed E-state index contributed by atoms with van der Waals surface area (Å²) >= 11 is 0. The van der Waals surface area contributed by atoms with Crippen LogP contribution in [0.3, 0.4) is 0 Å². The van der Waals surface area contributed by atoms with Gasteiger partial charge >= 0.3 is 5.76 Å². The van der Waals surface area contributed by atoms with Crippen LogP contribution in [0.15, 0.2) is 76.5 Å². The van der Waals surface area contributed by atoms with Crippen LogP contribution in [0.2, 0.25) is 0 Å². The Morgan fingerprint density at radius 3 is 2.57 bits per heavy atom.